The fraction of sp³-hybridized carbons (Fsp3) is 0.375. The van der Waals surface area contributed by atoms with Crippen LogP contribution >= 0.6 is 0 Å². The van der Waals surface area contributed by atoms with Crippen molar-refractivity contribution in [2.45, 2.75) is 6.92 Å². The highest BCUT2D eigenvalue weighted by Gasteiger charge is 2.06. The zero-order valence-electron chi connectivity index (χ0n) is 8.23. The van der Waals surface area contributed by atoms with Gasteiger partial charge in [0, 0.05) is 20.2 Å². The smallest absolute Gasteiger partial charge is 0.223 e. The van der Waals surface area contributed by atoms with Crippen LogP contribution in [0.25, 0.3) is 11.4 Å². The van der Waals surface area contributed by atoms with Gasteiger partial charge in [-0.1, -0.05) is 5.16 Å². The van der Waals surface area contributed by atoms with Crippen molar-refractivity contribution in [3.05, 3.63) is 18.3 Å². The van der Waals surface area contributed by atoms with Gasteiger partial charge in [0.15, 0.2) is 0 Å². The van der Waals surface area contributed by atoms with E-state index in [1.165, 1.54) is 0 Å². The number of halogens is 1. The van der Waals surface area contributed by atoms with Crippen LogP contribution in [-0.4, -0.2) is 27.1 Å². The topological polar surface area (TPSA) is 56.7 Å². The minimum Gasteiger partial charge on any atom is -0.339 e. The molecule has 0 spiro atoms. The van der Waals surface area contributed by atoms with E-state index < -0.39 is 0 Å². The molecule has 0 aromatic carbocycles. The molecule has 14 heavy (non-hydrogen) atoms. The van der Waals surface area contributed by atoms with Crippen molar-refractivity contribution >= 4 is 0 Å². The van der Waals surface area contributed by atoms with E-state index in [2.05, 4.69) is 15.2 Å². The van der Waals surface area contributed by atoms with Crippen molar-refractivity contribution < 1.29 is 8.91 Å². The highest BCUT2D eigenvalue weighted by atomic mass is 19.1. The molecule has 2 aromatic rings. The molecule has 6 heteroatoms. The van der Waals surface area contributed by atoms with Crippen LogP contribution in [0.15, 0.2) is 16.9 Å². The summed E-state index contributed by atoms with van der Waals surface area (Å²) in [5.41, 5.74) is 0.870. The molecule has 76 valence electrons. The molecule has 2 aromatic heterocycles. The third-order valence-corrected chi connectivity index (χ3v) is 1.49. The summed E-state index contributed by atoms with van der Waals surface area (Å²) in [5, 5.41) is 7.76. The van der Waals surface area contributed by atoms with E-state index in [1.807, 2.05) is 13.2 Å². The first-order chi connectivity index (χ1) is 6.75. The molecule has 0 amide bonds. The van der Waals surface area contributed by atoms with Gasteiger partial charge in [-0.15, -0.1) is 0 Å². The van der Waals surface area contributed by atoms with Crippen molar-refractivity contribution in [3.63, 3.8) is 0 Å². The number of rotatable bonds is 1. The van der Waals surface area contributed by atoms with Crippen LogP contribution in [0.1, 0.15) is 5.89 Å². The van der Waals surface area contributed by atoms with Crippen LogP contribution in [0.5, 0.6) is 0 Å². The van der Waals surface area contributed by atoms with Crippen LogP contribution in [0, 0.1) is 6.92 Å². The van der Waals surface area contributed by atoms with Crippen molar-refractivity contribution in [2.24, 2.45) is 7.05 Å². The maximum atomic E-state index is 9.50. The van der Waals surface area contributed by atoms with E-state index in [1.54, 1.807) is 17.8 Å². The van der Waals surface area contributed by atoms with E-state index in [4.69, 9.17) is 4.52 Å². The zero-order valence-corrected chi connectivity index (χ0v) is 8.23. The van der Waals surface area contributed by atoms with Gasteiger partial charge in [0.05, 0.1) is 18.9 Å². The summed E-state index contributed by atoms with van der Waals surface area (Å²) in [6.07, 6.45) is 3.54. The highest BCUT2D eigenvalue weighted by Crippen LogP contribution is 2.12. The fourth-order valence-corrected chi connectivity index (χ4v) is 0.953. The fourth-order valence-electron chi connectivity index (χ4n) is 0.953. The monoisotopic (exact) mass is 198 g/mol. The van der Waals surface area contributed by atoms with Crippen molar-refractivity contribution in [2.75, 3.05) is 7.18 Å². The summed E-state index contributed by atoms with van der Waals surface area (Å²) in [5.74, 6) is 1.15. The number of aryl methyl sites for hydroxylation is 2. The SMILES string of the molecule is CF.Cc1nc(-c2cnn(C)c2)no1. The first-order valence-corrected chi connectivity index (χ1v) is 3.93. The van der Waals surface area contributed by atoms with Gasteiger partial charge < -0.3 is 4.52 Å². The number of hydrogen-bond acceptors (Lipinski definition) is 4. The summed E-state index contributed by atoms with van der Waals surface area (Å²) in [4.78, 5) is 4.06. The molecule has 0 N–H and O–H groups in total. The summed E-state index contributed by atoms with van der Waals surface area (Å²) in [7, 11) is 2.34. The summed E-state index contributed by atoms with van der Waals surface area (Å²) in [6, 6.07) is 0. The number of aromatic nitrogens is 4. The van der Waals surface area contributed by atoms with Gasteiger partial charge >= 0.3 is 0 Å². The van der Waals surface area contributed by atoms with Crippen molar-refractivity contribution in [3.8, 4) is 11.4 Å². The summed E-state index contributed by atoms with van der Waals surface area (Å²) in [6.45, 7) is 1.76. The van der Waals surface area contributed by atoms with Crippen LogP contribution in [0.4, 0.5) is 4.39 Å². The van der Waals surface area contributed by atoms with Gasteiger partial charge in [-0.25, -0.2) is 0 Å². The molecular weight excluding hydrogens is 187 g/mol. The largest absolute Gasteiger partial charge is 0.339 e. The second kappa shape index (κ2) is 4.50. The van der Waals surface area contributed by atoms with E-state index >= 15 is 0 Å². The van der Waals surface area contributed by atoms with E-state index in [-0.39, 0.29) is 0 Å². The molecule has 0 saturated heterocycles. The van der Waals surface area contributed by atoms with Gasteiger partial charge in [-0.3, -0.25) is 9.07 Å². The molecule has 0 fully saturated rings. The van der Waals surface area contributed by atoms with Crippen LogP contribution < -0.4 is 0 Å². The second-order valence-corrected chi connectivity index (χ2v) is 2.54. The Bertz CT molecular complexity index is 357. The van der Waals surface area contributed by atoms with Crippen LogP contribution in [0.3, 0.4) is 0 Å². The Balaban J connectivity index is 0.000000461. The first kappa shape index (κ1) is 10.4. The lowest BCUT2D eigenvalue weighted by atomic mass is 10.3. The Kier molecular flexibility index (Phi) is 3.33. The number of nitrogens with zero attached hydrogens (tertiary/aromatic N) is 4. The molecule has 0 aliphatic rings. The van der Waals surface area contributed by atoms with E-state index in [9.17, 15) is 4.39 Å². The quantitative estimate of drug-likeness (QED) is 0.694. The van der Waals surface area contributed by atoms with E-state index in [0.29, 0.717) is 18.9 Å². The third kappa shape index (κ3) is 2.15. The molecule has 0 aliphatic carbocycles. The zero-order chi connectivity index (χ0) is 10.6. The molecule has 0 aliphatic heterocycles. The highest BCUT2D eigenvalue weighted by molar-refractivity contribution is 5.50. The van der Waals surface area contributed by atoms with Crippen molar-refractivity contribution in [1.82, 2.24) is 19.9 Å². The van der Waals surface area contributed by atoms with Gasteiger partial charge in [0.25, 0.3) is 0 Å². The third-order valence-electron chi connectivity index (χ3n) is 1.49. The lowest BCUT2D eigenvalue weighted by Crippen LogP contribution is -1.84. The summed E-state index contributed by atoms with van der Waals surface area (Å²) >= 11 is 0. The van der Waals surface area contributed by atoms with Crippen molar-refractivity contribution in [1.29, 1.82) is 0 Å². The van der Waals surface area contributed by atoms with Gasteiger partial charge in [0.2, 0.25) is 11.7 Å². The Labute approximate surface area is 80.5 Å². The lowest BCUT2D eigenvalue weighted by molar-refractivity contribution is 0.394. The average molecular weight is 198 g/mol. The standard InChI is InChI=1S/C7H8N4O.CH3F/c1-5-9-7(10-12-5)6-3-8-11(2)4-6;1-2/h3-4H,1-2H3;1H3. The maximum absolute atomic E-state index is 9.50. The Morgan fingerprint density at radius 3 is 2.57 bits per heavy atom. The minimum atomic E-state index is 0.500. The molecule has 2 rings (SSSR count). The van der Waals surface area contributed by atoms with Crippen LogP contribution in [-0.2, 0) is 7.05 Å². The first-order valence-electron chi connectivity index (χ1n) is 3.93. The molecule has 0 unspecified atom stereocenters. The maximum Gasteiger partial charge on any atom is 0.223 e. The Morgan fingerprint density at radius 2 is 2.14 bits per heavy atom. The van der Waals surface area contributed by atoms with E-state index in [0.717, 1.165) is 5.56 Å². The molecule has 0 radical (unpaired) electrons. The molecule has 0 atom stereocenters. The average Bonchev–Trinajstić information content (AvgIpc) is 2.78. The summed E-state index contributed by atoms with van der Waals surface area (Å²) < 4.78 is 16.0. The van der Waals surface area contributed by atoms with Gasteiger partial charge in [0.1, 0.15) is 0 Å². The number of alkyl halides is 1. The Hall–Kier alpha value is -1.72. The minimum absolute atomic E-state index is 0.500. The van der Waals surface area contributed by atoms with Crippen LogP contribution in [0.2, 0.25) is 0 Å². The lowest BCUT2D eigenvalue weighted by Gasteiger charge is -1.82. The predicted octanol–water partition coefficient (Wildman–Crippen LogP) is 1.36. The molecule has 0 saturated carbocycles. The molecule has 5 nitrogen and oxygen atoms in total. The normalized spacial score (nSPS) is 9.43. The molecular formula is C8H11FN4O. The molecule has 0 bridgehead atoms. The molecule has 2 heterocycles. The van der Waals surface area contributed by atoms with Gasteiger partial charge in [-0.05, 0) is 0 Å². The van der Waals surface area contributed by atoms with Gasteiger partial charge in [-0.2, -0.15) is 10.1 Å². The Morgan fingerprint density at radius 1 is 1.43 bits per heavy atom. The second-order valence-electron chi connectivity index (χ2n) is 2.54. The number of hydrogen-bond donors (Lipinski definition) is 0. The predicted molar refractivity (Wildman–Crippen MR) is 48.3 cm³/mol.